The highest BCUT2D eigenvalue weighted by Crippen LogP contribution is 2.16. The van der Waals surface area contributed by atoms with E-state index in [1.54, 1.807) is 0 Å². The van der Waals surface area contributed by atoms with Crippen LogP contribution in [0.1, 0.15) is 12.5 Å². The van der Waals surface area contributed by atoms with Gasteiger partial charge in [0.2, 0.25) is 5.96 Å². The summed E-state index contributed by atoms with van der Waals surface area (Å²) in [5.74, 6) is -3.04. The molecule has 19 heavy (non-hydrogen) atoms. The van der Waals surface area contributed by atoms with Gasteiger partial charge >= 0.3 is 5.97 Å². The van der Waals surface area contributed by atoms with Crippen LogP contribution < -0.4 is 11.2 Å². The Balaban J connectivity index is 0.00000324. The molecule has 1 aromatic carbocycles. The Morgan fingerprint density at radius 3 is 2.42 bits per heavy atom. The predicted octanol–water partition coefficient (Wildman–Crippen LogP) is 1.73. The molecular weight excluding hydrogens is 280 g/mol. The van der Waals surface area contributed by atoms with E-state index in [0.717, 1.165) is 18.2 Å². The molecule has 0 heterocycles. The van der Waals surface area contributed by atoms with Gasteiger partial charge in [-0.2, -0.15) is 5.48 Å². The molecule has 0 aromatic heterocycles. The van der Waals surface area contributed by atoms with Crippen molar-refractivity contribution in [3.05, 3.63) is 41.0 Å². The number of nitrogens with two attached hydrogens (primary N) is 1. The Morgan fingerprint density at radius 1 is 1.42 bits per heavy atom. The normalized spacial score (nSPS) is 10.4. The molecule has 0 saturated heterocycles. The van der Waals surface area contributed by atoms with E-state index in [4.69, 9.17) is 11.1 Å². The van der Waals surface area contributed by atoms with Crippen molar-refractivity contribution < 1.29 is 18.4 Å². The Morgan fingerprint density at radius 2 is 1.95 bits per heavy atom. The fraction of sp³-hybridized carbons (Fsp3) is 0.0909. The topological polar surface area (TPSA) is 88.2 Å². The highest BCUT2D eigenvalue weighted by molar-refractivity contribution is 5.93. The van der Waals surface area contributed by atoms with E-state index in [-0.39, 0.29) is 23.5 Å². The highest BCUT2D eigenvalue weighted by Gasteiger charge is 2.11. The summed E-state index contributed by atoms with van der Waals surface area (Å²) in [6.07, 6.45) is 1.01. The molecule has 0 fully saturated rings. The van der Waals surface area contributed by atoms with Crippen molar-refractivity contribution in [1.29, 1.82) is 5.41 Å². The molecule has 0 saturated carbocycles. The fourth-order valence-corrected chi connectivity index (χ4v) is 1.11. The highest BCUT2D eigenvalue weighted by atomic mass is 35.5. The lowest BCUT2D eigenvalue weighted by molar-refractivity contribution is -0.142. The van der Waals surface area contributed by atoms with Crippen LogP contribution in [0.15, 0.2) is 23.8 Å². The molecule has 0 radical (unpaired) electrons. The van der Waals surface area contributed by atoms with Gasteiger partial charge in [0.15, 0.2) is 0 Å². The average molecular weight is 292 g/mol. The molecule has 0 aliphatic rings. The molecule has 0 bridgehead atoms. The number of halogens is 3. The first-order chi connectivity index (χ1) is 8.41. The number of guanidine groups is 1. The molecule has 1 aromatic rings. The van der Waals surface area contributed by atoms with Gasteiger partial charge in [-0.3, -0.25) is 5.41 Å². The summed E-state index contributed by atoms with van der Waals surface area (Å²) in [5.41, 5.74) is 6.34. The molecule has 0 spiro atoms. The standard InChI is InChI=1S/C11H11F2N3O2.ClH/c1-6(10(17)18-16-11(14)15)5-7-8(12)3-2-4-9(7)13;/h2-5H,1H3,(H4,14,15,16);1H/b6-5+;. The first-order valence-electron chi connectivity index (χ1n) is 4.85. The smallest absolute Gasteiger partial charge is 0.358 e. The molecule has 8 heteroatoms. The third-order valence-electron chi connectivity index (χ3n) is 1.94. The lowest BCUT2D eigenvalue weighted by Gasteiger charge is -2.05. The minimum absolute atomic E-state index is 0. The second kappa shape index (κ2) is 7.32. The molecule has 0 amide bonds. The quantitative estimate of drug-likeness (QED) is 0.335. The molecule has 4 N–H and O–H groups in total. The van der Waals surface area contributed by atoms with Gasteiger partial charge in [-0.05, 0) is 25.1 Å². The third-order valence-corrected chi connectivity index (χ3v) is 1.94. The number of hydrogen-bond acceptors (Lipinski definition) is 3. The Hall–Kier alpha value is -2.15. The SMILES string of the molecule is C/C(=C\c1c(F)cccc1F)C(=O)ONC(=N)N.Cl. The number of rotatable bonds is 2. The van der Waals surface area contributed by atoms with Crippen LogP contribution in [0.3, 0.4) is 0 Å². The van der Waals surface area contributed by atoms with Crippen molar-refractivity contribution in [2.75, 3.05) is 0 Å². The zero-order valence-electron chi connectivity index (χ0n) is 9.87. The summed E-state index contributed by atoms with van der Waals surface area (Å²) in [6.45, 7) is 1.32. The van der Waals surface area contributed by atoms with E-state index in [1.165, 1.54) is 13.0 Å². The van der Waals surface area contributed by atoms with E-state index < -0.39 is 23.6 Å². The molecule has 104 valence electrons. The Labute approximate surface area is 114 Å². The molecule has 0 aliphatic heterocycles. The lowest BCUT2D eigenvalue weighted by Crippen LogP contribution is -2.32. The summed E-state index contributed by atoms with van der Waals surface area (Å²) >= 11 is 0. The third kappa shape index (κ3) is 4.92. The molecule has 5 nitrogen and oxygen atoms in total. The molecule has 0 atom stereocenters. The van der Waals surface area contributed by atoms with Crippen molar-refractivity contribution in [2.45, 2.75) is 6.92 Å². The minimum atomic E-state index is -0.896. The van der Waals surface area contributed by atoms with Gasteiger partial charge in [-0.1, -0.05) is 6.07 Å². The molecule has 0 aliphatic carbocycles. The summed E-state index contributed by atoms with van der Waals surface area (Å²) < 4.78 is 26.6. The number of carbonyl (C=O) groups is 1. The van der Waals surface area contributed by atoms with E-state index in [2.05, 4.69) is 4.84 Å². The van der Waals surface area contributed by atoms with Crippen molar-refractivity contribution >= 4 is 30.4 Å². The second-order valence-corrected chi connectivity index (χ2v) is 3.37. The molecule has 1 rings (SSSR count). The maximum atomic E-state index is 13.3. The summed E-state index contributed by atoms with van der Waals surface area (Å²) in [6, 6.07) is 3.36. The van der Waals surface area contributed by atoms with Crippen molar-refractivity contribution in [1.82, 2.24) is 5.48 Å². The lowest BCUT2D eigenvalue weighted by atomic mass is 10.1. The monoisotopic (exact) mass is 291 g/mol. The Bertz CT molecular complexity index is 500. The number of hydroxylamine groups is 1. The van der Waals surface area contributed by atoms with Gasteiger partial charge in [-0.25, -0.2) is 13.6 Å². The van der Waals surface area contributed by atoms with Gasteiger partial charge in [0.05, 0.1) is 0 Å². The summed E-state index contributed by atoms with van der Waals surface area (Å²) in [7, 11) is 0. The van der Waals surface area contributed by atoms with Crippen LogP contribution in [0.4, 0.5) is 8.78 Å². The van der Waals surface area contributed by atoms with Gasteiger partial charge in [-0.15, -0.1) is 12.4 Å². The van der Waals surface area contributed by atoms with E-state index in [1.807, 2.05) is 5.48 Å². The van der Waals surface area contributed by atoms with Crippen molar-refractivity contribution in [3.8, 4) is 0 Å². The number of hydrogen-bond donors (Lipinski definition) is 3. The summed E-state index contributed by atoms with van der Waals surface area (Å²) in [4.78, 5) is 15.7. The first kappa shape index (κ1) is 16.9. The minimum Gasteiger partial charge on any atom is -0.368 e. The zero-order chi connectivity index (χ0) is 13.7. The summed E-state index contributed by atoms with van der Waals surface area (Å²) in [5, 5.41) is 6.77. The van der Waals surface area contributed by atoms with Crippen molar-refractivity contribution in [2.24, 2.45) is 5.73 Å². The first-order valence-corrected chi connectivity index (χ1v) is 4.85. The number of nitrogens with one attached hydrogen (secondary N) is 2. The number of benzene rings is 1. The van der Waals surface area contributed by atoms with E-state index >= 15 is 0 Å². The van der Waals surface area contributed by atoms with E-state index in [0.29, 0.717) is 0 Å². The van der Waals surface area contributed by atoms with E-state index in [9.17, 15) is 13.6 Å². The van der Waals surface area contributed by atoms with Gasteiger partial charge in [0.25, 0.3) is 0 Å². The molecular formula is C11H12ClF2N3O2. The largest absolute Gasteiger partial charge is 0.368 e. The predicted molar refractivity (Wildman–Crippen MR) is 68.4 cm³/mol. The van der Waals surface area contributed by atoms with Crippen LogP contribution in [0.2, 0.25) is 0 Å². The Kier molecular flexibility index (Phi) is 6.49. The van der Waals surface area contributed by atoms with Gasteiger partial charge < -0.3 is 10.6 Å². The van der Waals surface area contributed by atoms with Crippen LogP contribution in [0, 0.1) is 17.0 Å². The van der Waals surface area contributed by atoms with Crippen LogP contribution >= 0.6 is 12.4 Å². The van der Waals surface area contributed by atoms with Crippen LogP contribution in [0.25, 0.3) is 6.08 Å². The van der Waals surface area contributed by atoms with Gasteiger partial charge in [0.1, 0.15) is 11.6 Å². The zero-order valence-corrected chi connectivity index (χ0v) is 10.7. The van der Waals surface area contributed by atoms with Gasteiger partial charge in [0, 0.05) is 11.1 Å². The molecule has 0 unspecified atom stereocenters. The van der Waals surface area contributed by atoms with Crippen LogP contribution in [0.5, 0.6) is 0 Å². The fourth-order valence-electron chi connectivity index (χ4n) is 1.11. The van der Waals surface area contributed by atoms with Crippen LogP contribution in [-0.2, 0) is 9.63 Å². The van der Waals surface area contributed by atoms with Crippen molar-refractivity contribution in [3.63, 3.8) is 0 Å². The second-order valence-electron chi connectivity index (χ2n) is 3.37. The maximum absolute atomic E-state index is 13.3. The maximum Gasteiger partial charge on any atom is 0.358 e. The number of carbonyl (C=O) groups excluding carboxylic acids is 1. The van der Waals surface area contributed by atoms with Crippen LogP contribution in [-0.4, -0.2) is 11.9 Å². The average Bonchev–Trinajstić information content (AvgIpc) is 2.30.